The SMILES string of the molecule is Fc1ccc(CN2CCN(c3ccc(Cl)cn3)CC2)c(Br)c1. The molecule has 0 saturated carbocycles. The van der Waals surface area contributed by atoms with Gasteiger partial charge in [-0.15, -0.1) is 0 Å². The normalized spacial score (nSPS) is 16.0. The van der Waals surface area contributed by atoms with E-state index in [9.17, 15) is 4.39 Å². The molecule has 1 aliphatic heterocycles. The van der Waals surface area contributed by atoms with E-state index in [4.69, 9.17) is 11.6 Å². The zero-order valence-corrected chi connectivity index (χ0v) is 14.3. The molecule has 1 aliphatic rings. The molecule has 1 aromatic carbocycles. The lowest BCUT2D eigenvalue weighted by Gasteiger charge is -2.35. The Hall–Kier alpha value is -1.17. The van der Waals surface area contributed by atoms with Gasteiger partial charge in [0.05, 0.1) is 5.02 Å². The number of halogens is 3. The number of hydrogen-bond donors (Lipinski definition) is 0. The van der Waals surface area contributed by atoms with E-state index in [-0.39, 0.29) is 5.82 Å². The second-order valence-electron chi connectivity index (χ2n) is 5.33. The second-order valence-corrected chi connectivity index (χ2v) is 6.62. The van der Waals surface area contributed by atoms with Gasteiger partial charge < -0.3 is 4.90 Å². The predicted molar refractivity (Wildman–Crippen MR) is 90.8 cm³/mol. The summed E-state index contributed by atoms with van der Waals surface area (Å²) in [6.07, 6.45) is 1.68. The lowest BCUT2D eigenvalue weighted by Crippen LogP contribution is -2.46. The third-order valence-electron chi connectivity index (χ3n) is 3.82. The minimum absolute atomic E-state index is 0.214. The van der Waals surface area contributed by atoms with Crippen LogP contribution in [0.5, 0.6) is 0 Å². The molecule has 0 bridgehead atoms. The topological polar surface area (TPSA) is 19.4 Å². The number of piperazine rings is 1. The van der Waals surface area contributed by atoms with Crippen molar-refractivity contribution >= 4 is 33.3 Å². The van der Waals surface area contributed by atoms with Crippen molar-refractivity contribution < 1.29 is 4.39 Å². The minimum Gasteiger partial charge on any atom is -0.354 e. The molecule has 3 nitrogen and oxygen atoms in total. The van der Waals surface area contributed by atoms with Crippen LogP contribution < -0.4 is 4.90 Å². The smallest absolute Gasteiger partial charge is 0.128 e. The van der Waals surface area contributed by atoms with Gasteiger partial charge in [-0.05, 0) is 29.8 Å². The molecule has 0 unspecified atom stereocenters. The van der Waals surface area contributed by atoms with E-state index >= 15 is 0 Å². The Bertz CT molecular complexity index is 642. The molecule has 1 fully saturated rings. The molecule has 0 spiro atoms. The van der Waals surface area contributed by atoms with Crippen LogP contribution in [0.3, 0.4) is 0 Å². The molecule has 3 rings (SSSR count). The predicted octanol–water partition coefficient (Wildman–Crippen LogP) is 3.96. The van der Waals surface area contributed by atoms with Gasteiger partial charge in [-0.3, -0.25) is 4.90 Å². The highest BCUT2D eigenvalue weighted by Crippen LogP contribution is 2.21. The van der Waals surface area contributed by atoms with E-state index in [1.807, 2.05) is 18.2 Å². The van der Waals surface area contributed by atoms with Crippen molar-refractivity contribution in [2.75, 3.05) is 31.1 Å². The van der Waals surface area contributed by atoms with Crippen LogP contribution in [0.1, 0.15) is 5.56 Å². The zero-order chi connectivity index (χ0) is 15.5. The number of aromatic nitrogens is 1. The van der Waals surface area contributed by atoms with Crippen molar-refractivity contribution in [2.24, 2.45) is 0 Å². The van der Waals surface area contributed by atoms with E-state index in [0.29, 0.717) is 5.02 Å². The average Bonchev–Trinajstić information content (AvgIpc) is 2.52. The van der Waals surface area contributed by atoms with Crippen molar-refractivity contribution in [3.8, 4) is 0 Å². The van der Waals surface area contributed by atoms with Crippen molar-refractivity contribution in [3.05, 3.63) is 57.4 Å². The van der Waals surface area contributed by atoms with Crippen LogP contribution in [0.2, 0.25) is 5.02 Å². The van der Waals surface area contributed by atoms with Gasteiger partial charge >= 0.3 is 0 Å². The highest BCUT2D eigenvalue weighted by atomic mass is 79.9. The Balaban J connectivity index is 1.58. The fourth-order valence-electron chi connectivity index (χ4n) is 2.58. The lowest BCUT2D eigenvalue weighted by atomic mass is 10.2. The van der Waals surface area contributed by atoms with Crippen LogP contribution in [0.4, 0.5) is 10.2 Å². The summed E-state index contributed by atoms with van der Waals surface area (Å²) in [5.41, 5.74) is 1.11. The highest BCUT2D eigenvalue weighted by Gasteiger charge is 2.18. The Morgan fingerprint density at radius 3 is 2.55 bits per heavy atom. The standard InChI is InChI=1S/C16H16BrClFN3/c17-15-9-14(19)3-1-12(15)11-21-5-7-22(8-6-21)16-4-2-13(18)10-20-16/h1-4,9-10H,5-8,11H2. The van der Waals surface area contributed by atoms with Gasteiger partial charge in [-0.2, -0.15) is 0 Å². The molecule has 2 heterocycles. The number of pyridine rings is 1. The summed E-state index contributed by atoms with van der Waals surface area (Å²) < 4.78 is 14.0. The fourth-order valence-corrected chi connectivity index (χ4v) is 3.17. The van der Waals surface area contributed by atoms with Crippen LogP contribution in [0, 0.1) is 5.82 Å². The monoisotopic (exact) mass is 383 g/mol. The first-order chi connectivity index (χ1) is 10.6. The summed E-state index contributed by atoms with van der Waals surface area (Å²) >= 11 is 9.30. The summed E-state index contributed by atoms with van der Waals surface area (Å²) in [4.78, 5) is 8.98. The minimum atomic E-state index is -0.214. The van der Waals surface area contributed by atoms with Gasteiger partial charge in [0, 0.05) is 43.4 Å². The van der Waals surface area contributed by atoms with E-state index < -0.39 is 0 Å². The Kier molecular flexibility index (Phi) is 4.96. The lowest BCUT2D eigenvalue weighted by molar-refractivity contribution is 0.249. The van der Waals surface area contributed by atoms with Gasteiger partial charge in [0.1, 0.15) is 11.6 Å². The number of benzene rings is 1. The van der Waals surface area contributed by atoms with Crippen LogP contribution >= 0.6 is 27.5 Å². The molecular weight excluding hydrogens is 369 g/mol. The number of anilines is 1. The Morgan fingerprint density at radius 2 is 1.91 bits per heavy atom. The quantitative estimate of drug-likeness (QED) is 0.798. The molecule has 2 aromatic rings. The molecule has 0 N–H and O–H groups in total. The summed E-state index contributed by atoms with van der Waals surface area (Å²) in [5.74, 6) is 0.751. The molecule has 0 atom stereocenters. The third kappa shape index (κ3) is 3.77. The summed E-state index contributed by atoms with van der Waals surface area (Å²) in [7, 11) is 0. The van der Waals surface area contributed by atoms with Crippen LogP contribution in [0.15, 0.2) is 41.0 Å². The summed E-state index contributed by atoms with van der Waals surface area (Å²) in [5, 5.41) is 0.656. The number of hydrogen-bond acceptors (Lipinski definition) is 3. The van der Waals surface area contributed by atoms with Crippen LogP contribution in [-0.2, 0) is 6.54 Å². The maximum Gasteiger partial charge on any atom is 0.128 e. The van der Waals surface area contributed by atoms with E-state index in [1.54, 1.807) is 6.20 Å². The van der Waals surface area contributed by atoms with Gasteiger partial charge in [0.15, 0.2) is 0 Å². The Labute approximate surface area is 142 Å². The Morgan fingerprint density at radius 1 is 1.14 bits per heavy atom. The largest absolute Gasteiger partial charge is 0.354 e. The highest BCUT2D eigenvalue weighted by molar-refractivity contribution is 9.10. The number of nitrogens with zero attached hydrogens (tertiary/aromatic N) is 3. The zero-order valence-electron chi connectivity index (χ0n) is 12.0. The van der Waals surface area contributed by atoms with E-state index in [2.05, 4.69) is 30.7 Å². The molecule has 0 radical (unpaired) electrons. The molecule has 116 valence electrons. The first kappa shape index (κ1) is 15.7. The van der Waals surface area contributed by atoms with Gasteiger partial charge in [0.25, 0.3) is 0 Å². The summed E-state index contributed by atoms with van der Waals surface area (Å²) in [6, 6.07) is 8.68. The van der Waals surface area contributed by atoms with Gasteiger partial charge in [-0.1, -0.05) is 33.6 Å². The van der Waals surface area contributed by atoms with Crippen LogP contribution in [0.25, 0.3) is 0 Å². The molecular formula is C16H16BrClFN3. The van der Waals surface area contributed by atoms with Crippen molar-refractivity contribution in [1.82, 2.24) is 9.88 Å². The van der Waals surface area contributed by atoms with Crippen molar-refractivity contribution in [2.45, 2.75) is 6.54 Å². The maximum atomic E-state index is 13.1. The van der Waals surface area contributed by atoms with E-state index in [0.717, 1.165) is 48.6 Å². The molecule has 0 amide bonds. The first-order valence-electron chi connectivity index (χ1n) is 7.14. The number of rotatable bonds is 3. The first-order valence-corrected chi connectivity index (χ1v) is 8.32. The van der Waals surface area contributed by atoms with E-state index in [1.165, 1.54) is 12.1 Å². The average molecular weight is 385 g/mol. The molecule has 22 heavy (non-hydrogen) atoms. The maximum absolute atomic E-state index is 13.1. The molecule has 1 aromatic heterocycles. The van der Waals surface area contributed by atoms with Gasteiger partial charge in [0.2, 0.25) is 0 Å². The van der Waals surface area contributed by atoms with Gasteiger partial charge in [-0.25, -0.2) is 9.37 Å². The molecule has 6 heteroatoms. The molecule has 0 aliphatic carbocycles. The third-order valence-corrected chi connectivity index (χ3v) is 4.78. The van der Waals surface area contributed by atoms with Crippen molar-refractivity contribution in [3.63, 3.8) is 0 Å². The molecule has 1 saturated heterocycles. The fraction of sp³-hybridized carbons (Fsp3) is 0.312. The summed E-state index contributed by atoms with van der Waals surface area (Å²) in [6.45, 7) is 4.58. The second kappa shape index (κ2) is 6.94. The van der Waals surface area contributed by atoms with Crippen molar-refractivity contribution in [1.29, 1.82) is 0 Å². The van der Waals surface area contributed by atoms with Crippen LogP contribution in [-0.4, -0.2) is 36.1 Å².